The molecule has 1 aromatic rings. The van der Waals surface area contributed by atoms with E-state index in [1.165, 1.54) is 12.1 Å². The van der Waals surface area contributed by atoms with E-state index in [1.807, 2.05) is 0 Å². The number of alkyl halides is 1. The van der Waals surface area contributed by atoms with Crippen LogP contribution < -0.4 is 0 Å². The second-order valence-electron chi connectivity index (χ2n) is 2.09. The van der Waals surface area contributed by atoms with E-state index < -0.39 is 4.83 Å². The molecule has 0 spiro atoms. The average molecular weight is 217 g/mol. The van der Waals surface area contributed by atoms with Crippen molar-refractivity contribution in [3.8, 4) is 0 Å². The Labute approximate surface area is 72.4 Å². The van der Waals surface area contributed by atoms with Gasteiger partial charge in [-0.3, -0.25) is 0 Å². The molecule has 0 aliphatic carbocycles. The van der Waals surface area contributed by atoms with Gasteiger partial charge >= 0.3 is 0 Å². The van der Waals surface area contributed by atoms with Crippen LogP contribution in [0.3, 0.4) is 0 Å². The topological polar surface area (TPSA) is 17.1 Å². The maximum atomic E-state index is 12.5. The fraction of sp³-hybridized carbons (Fsp3) is 0.125. The van der Waals surface area contributed by atoms with Gasteiger partial charge in [0.15, 0.2) is 0 Å². The Balaban J connectivity index is 2.95. The van der Waals surface area contributed by atoms with Crippen LogP contribution in [0.4, 0.5) is 4.39 Å². The first-order valence-electron chi connectivity index (χ1n) is 3.09. The molecule has 58 valence electrons. The molecule has 0 amide bonds. The number of halogens is 2. The van der Waals surface area contributed by atoms with Crippen LogP contribution in [0.25, 0.3) is 0 Å². The van der Waals surface area contributed by atoms with Gasteiger partial charge in [-0.2, -0.15) is 0 Å². The van der Waals surface area contributed by atoms with Crippen LogP contribution in [0.5, 0.6) is 0 Å². The summed E-state index contributed by atoms with van der Waals surface area (Å²) < 4.78 is 12.5. The number of hydrogen-bond acceptors (Lipinski definition) is 1. The molecule has 0 N–H and O–H groups in total. The van der Waals surface area contributed by atoms with Crippen LogP contribution >= 0.6 is 15.9 Å². The third kappa shape index (κ3) is 2.12. The van der Waals surface area contributed by atoms with E-state index in [0.717, 1.165) is 6.29 Å². The number of carbonyl (C=O) groups is 1. The first-order chi connectivity index (χ1) is 5.24. The highest BCUT2D eigenvalue weighted by Gasteiger charge is 2.04. The smallest absolute Gasteiger partial charge is 0.138 e. The van der Waals surface area contributed by atoms with Crippen molar-refractivity contribution in [1.82, 2.24) is 0 Å². The van der Waals surface area contributed by atoms with Gasteiger partial charge in [-0.05, 0) is 17.7 Å². The molecule has 0 aliphatic rings. The third-order valence-electron chi connectivity index (χ3n) is 1.29. The predicted octanol–water partition coefficient (Wildman–Crippen LogP) is 2.46. The molecule has 1 nitrogen and oxygen atoms in total. The van der Waals surface area contributed by atoms with E-state index in [2.05, 4.69) is 15.9 Å². The molecule has 1 atom stereocenters. The molecule has 1 rings (SSSR count). The molecule has 0 aliphatic heterocycles. The second kappa shape index (κ2) is 3.62. The molecule has 1 aromatic carbocycles. The summed E-state index contributed by atoms with van der Waals surface area (Å²) in [6.45, 7) is 0. The molecule has 11 heavy (non-hydrogen) atoms. The summed E-state index contributed by atoms with van der Waals surface area (Å²) in [6, 6.07) is 5.93. The van der Waals surface area contributed by atoms with Crippen LogP contribution in [0.1, 0.15) is 10.4 Å². The van der Waals surface area contributed by atoms with Gasteiger partial charge in [0.25, 0.3) is 0 Å². The van der Waals surface area contributed by atoms with Crippen molar-refractivity contribution in [1.29, 1.82) is 0 Å². The van der Waals surface area contributed by atoms with Gasteiger partial charge in [-0.25, -0.2) is 4.39 Å². The maximum Gasteiger partial charge on any atom is 0.138 e. The van der Waals surface area contributed by atoms with E-state index in [0.29, 0.717) is 5.56 Å². The van der Waals surface area contributed by atoms with E-state index in [-0.39, 0.29) is 5.82 Å². The zero-order chi connectivity index (χ0) is 8.27. The Hall–Kier alpha value is -0.700. The molecule has 0 fully saturated rings. The summed E-state index contributed by atoms with van der Waals surface area (Å²) in [6.07, 6.45) is 0.717. The lowest BCUT2D eigenvalue weighted by atomic mass is 10.2. The van der Waals surface area contributed by atoms with Gasteiger partial charge in [0.2, 0.25) is 0 Å². The van der Waals surface area contributed by atoms with E-state index in [4.69, 9.17) is 0 Å². The van der Waals surface area contributed by atoms with Crippen LogP contribution in [-0.2, 0) is 4.79 Å². The maximum absolute atomic E-state index is 12.5. The Morgan fingerprint density at radius 3 is 2.82 bits per heavy atom. The standard InChI is InChI=1S/C8H6BrFO/c9-8(5-11)6-2-1-3-7(10)4-6/h1-5,8H. The average Bonchev–Trinajstić information content (AvgIpc) is 2.03. The third-order valence-corrected chi connectivity index (χ3v) is 2.03. The minimum absolute atomic E-state index is 0.325. The molecule has 0 heterocycles. The van der Waals surface area contributed by atoms with Gasteiger partial charge in [-0.1, -0.05) is 28.1 Å². The van der Waals surface area contributed by atoms with Crippen molar-refractivity contribution >= 4 is 22.2 Å². The number of benzene rings is 1. The fourth-order valence-corrected chi connectivity index (χ4v) is 1.04. The quantitative estimate of drug-likeness (QED) is 0.549. The molecule has 0 radical (unpaired) electrons. The van der Waals surface area contributed by atoms with Crippen LogP contribution in [0.2, 0.25) is 0 Å². The molecular formula is C8H6BrFO. The summed E-state index contributed by atoms with van der Waals surface area (Å²) >= 11 is 3.08. The normalized spacial score (nSPS) is 12.5. The van der Waals surface area contributed by atoms with Crippen molar-refractivity contribution in [2.45, 2.75) is 4.83 Å². The summed E-state index contributed by atoms with van der Waals surface area (Å²) in [5.74, 6) is -0.325. The Morgan fingerprint density at radius 2 is 2.27 bits per heavy atom. The van der Waals surface area contributed by atoms with Gasteiger partial charge < -0.3 is 4.79 Å². The van der Waals surface area contributed by atoms with Gasteiger partial charge in [-0.15, -0.1) is 0 Å². The fourth-order valence-electron chi connectivity index (χ4n) is 0.757. The molecule has 0 aromatic heterocycles. The van der Waals surface area contributed by atoms with Gasteiger partial charge in [0, 0.05) is 0 Å². The first kappa shape index (κ1) is 8.40. The highest BCUT2D eigenvalue weighted by atomic mass is 79.9. The van der Waals surface area contributed by atoms with Gasteiger partial charge in [0.1, 0.15) is 12.1 Å². The molecule has 0 saturated carbocycles. The summed E-state index contributed by atoms with van der Waals surface area (Å²) in [7, 11) is 0. The lowest BCUT2D eigenvalue weighted by molar-refractivity contribution is -0.107. The van der Waals surface area contributed by atoms with Crippen molar-refractivity contribution in [2.24, 2.45) is 0 Å². The second-order valence-corrected chi connectivity index (χ2v) is 3.08. The number of carbonyl (C=O) groups excluding carboxylic acids is 1. The van der Waals surface area contributed by atoms with Crippen LogP contribution in [0, 0.1) is 5.82 Å². The lowest BCUT2D eigenvalue weighted by Gasteiger charge is -2.00. The van der Waals surface area contributed by atoms with Crippen LogP contribution in [0.15, 0.2) is 24.3 Å². The van der Waals surface area contributed by atoms with Crippen molar-refractivity contribution < 1.29 is 9.18 Å². The Kier molecular flexibility index (Phi) is 2.76. The minimum Gasteiger partial charge on any atom is -0.302 e. The SMILES string of the molecule is O=CC(Br)c1cccc(F)c1. The first-order valence-corrected chi connectivity index (χ1v) is 4.00. The van der Waals surface area contributed by atoms with E-state index in [9.17, 15) is 9.18 Å². The Morgan fingerprint density at radius 1 is 1.55 bits per heavy atom. The predicted molar refractivity (Wildman–Crippen MR) is 44.1 cm³/mol. The lowest BCUT2D eigenvalue weighted by Crippen LogP contribution is -1.90. The summed E-state index contributed by atoms with van der Waals surface area (Å²) in [5.41, 5.74) is 0.639. The van der Waals surface area contributed by atoms with E-state index in [1.54, 1.807) is 12.1 Å². The molecule has 1 unspecified atom stereocenters. The minimum atomic E-state index is -0.404. The molecule has 0 bridgehead atoms. The van der Waals surface area contributed by atoms with Crippen molar-refractivity contribution in [3.05, 3.63) is 35.6 Å². The molecule has 3 heteroatoms. The highest BCUT2D eigenvalue weighted by Crippen LogP contribution is 2.19. The Bertz CT molecular complexity index is 262. The number of aldehydes is 1. The zero-order valence-corrected chi connectivity index (χ0v) is 7.21. The highest BCUT2D eigenvalue weighted by molar-refractivity contribution is 9.09. The van der Waals surface area contributed by atoms with E-state index >= 15 is 0 Å². The molecule has 0 saturated heterocycles. The monoisotopic (exact) mass is 216 g/mol. The molecular weight excluding hydrogens is 211 g/mol. The number of hydrogen-bond donors (Lipinski definition) is 0. The van der Waals surface area contributed by atoms with Crippen molar-refractivity contribution in [2.75, 3.05) is 0 Å². The number of rotatable bonds is 2. The summed E-state index contributed by atoms with van der Waals surface area (Å²) in [5, 5.41) is 0. The largest absolute Gasteiger partial charge is 0.302 e. The summed E-state index contributed by atoms with van der Waals surface area (Å²) in [4.78, 5) is 9.84. The zero-order valence-electron chi connectivity index (χ0n) is 5.63. The van der Waals surface area contributed by atoms with Gasteiger partial charge in [0.05, 0.1) is 4.83 Å². The van der Waals surface area contributed by atoms with Crippen molar-refractivity contribution in [3.63, 3.8) is 0 Å². The van der Waals surface area contributed by atoms with Crippen LogP contribution in [-0.4, -0.2) is 6.29 Å².